The molecule has 0 bridgehead atoms. The minimum absolute atomic E-state index is 0.0644. The highest BCUT2D eigenvalue weighted by Crippen LogP contribution is 2.38. The van der Waals surface area contributed by atoms with Gasteiger partial charge in [-0.3, -0.25) is 9.59 Å². The normalized spacial score (nSPS) is 10.6. The van der Waals surface area contributed by atoms with Crippen molar-refractivity contribution in [3.05, 3.63) is 71.8 Å². The molecule has 0 fully saturated rings. The summed E-state index contributed by atoms with van der Waals surface area (Å²) in [5, 5.41) is 18.7. The molecule has 0 aromatic heterocycles. The van der Waals surface area contributed by atoms with Gasteiger partial charge in [0.25, 0.3) is 0 Å². The molecule has 2 rings (SSSR count). The van der Waals surface area contributed by atoms with E-state index in [1.807, 2.05) is 6.92 Å². The van der Waals surface area contributed by atoms with Crippen LogP contribution in [0.1, 0.15) is 34.0 Å². The summed E-state index contributed by atoms with van der Waals surface area (Å²) in [6.45, 7) is 10.0. The van der Waals surface area contributed by atoms with Crippen molar-refractivity contribution in [2.75, 3.05) is 67.0 Å². The molecule has 2 N–H and O–H groups in total. The number of carbonyl (C=O) groups excluding carboxylic acids is 2. The molecule has 1 amide bonds. The van der Waals surface area contributed by atoms with Gasteiger partial charge in [0.15, 0.2) is 17.3 Å². The summed E-state index contributed by atoms with van der Waals surface area (Å²) in [5.41, 5.74) is 1.64. The van der Waals surface area contributed by atoms with Crippen LogP contribution >= 0.6 is 0 Å². The third-order valence-electron chi connectivity index (χ3n) is 6.16. The number of hydrogen-bond acceptors (Lipinski definition) is 9. The number of amides is 1. The second kappa shape index (κ2) is 17.8. The zero-order chi connectivity index (χ0) is 30.2. The van der Waals surface area contributed by atoms with Crippen molar-refractivity contribution in [3.63, 3.8) is 0 Å². The molecule has 0 aliphatic heterocycles. The monoisotopic (exact) mass is 571 g/mol. The predicted molar refractivity (Wildman–Crippen MR) is 155 cm³/mol. The Morgan fingerprint density at radius 1 is 0.854 bits per heavy atom. The standard InChI is InChI=1S/C31H41NO9/c1-6-15-39-26-21-28(40-16-7-2)30(31(36)22-9-10-25(41-18-14-34)27(19-22)38-5)24(23(26)8-3)20-29(35)32(11-13-33)12-17-37-4/h6-7,9-10,19,21,33-34H,1-2,8,11-18,20H2,3-5H3. The Bertz CT molecular complexity index is 1180. The van der Waals surface area contributed by atoms with Crippen molar-refractivity contribution < 1.29 is 43.5 Å². The highest BCUT2D eigenvalue weighted by atomic mass is 16.5. The van der Waals surface area contributed by atoms with E-state index in [-0.39, 0.29) is 75.3 Å². The Morgan fingerprint density at radius 3 is 2.15 bits per heavy atom. The van der Waals surface area contributed by atoms with Crippen molar-refractivity contribution >= 4 is 11.7 Å². The van der Waals surface area contributed by atoms with Gasteiger partial charge >= 0.3 is 0 Å². The molecule has 2 aromatic carbocycles. The van der Waals surface area contributed by atoms with E-state index in [1.54, 1.807) is 36.4 Å². The summed E-state index contributed by atoms with van der Waals surface area (Å²) in [7, 11) is 2.99. The molecule has 0 saturated carbocycles. The Balaban J connectivity index is 2.77. The van der Waals surface area contributed by atoms with Gasteiger partial charge < -0.3 is 38.8 Å². The lowest BCUT2D eigenvalue weighted by Crippen LogP contribution is -2.37. The van der Waals surface area contributed by atoms with E-state index < -0.39 is 5.78 Å². The minimum Gasteiger partial charge on any atom is -0.493 e. The molecule has 0 radical (unpaired) electrons. The number of benzene rings is 2. The van der Waals surface area contributed by atoms with Crippen LogP contribution in [0.25, 0.3) is 0 Å². The van der Waals surface area contributed by atoms with Gasteiger partial charge in [-0.25, -0.2) is 0 Å². The number of aliphatic hydroxyl groups excluding tert-OH is 2. The van der Waals surface area contributed by atoms with Crippen LogP contribution in [0.5, 0.6) is 23.0 Å². The smallest absolute Gasteiger partial charge is 0.227 e. The quantitative estimate of drug-likeness (QED) is 0.182. The molecule has 2 aromatic rings. The third kappa shape index (κ3) is 9.07. The SMILES string of the molecule is C=CCOc1cc(OCC=C)c(C(=O)c2ccc(OCCO)c(OC)c2)c(CC(=O)N(CCO)CCOC)c1CC. The zero-order valence-corrected chi connectivity index (χ0v) is 24.1. The Kier molecular flexibility index (Phi) is 14.4. The first-order chi connectivity index (χ1) is 19.9. The molecule has 0 aliphatic carbocycles. The van der Waals surface area contributed by atoms with Gasteiger partial charge in [-0.2, -0.15) is 0 Å². The second-order valence-electron chi connectivity index (χ2n) is 8.80. The average Bonchev–Trinajstić information content (AvgIpc) is 2.99. The van der Waals surface area contributed by atoms with Gasteiger partial charge in [-0.05, 0) is 35.7 Å². The van der Waals surface area contributed by atoms with Gasteiger partial charge in [0.05, 0.1) is 38.9 Å². The minimum atomic E-state index is -0.394. The lowest BCUT2D eigenvalue weighted by molar-refractivity contribution is -0.131. The maximum Gasteiger partial charge on any atom is 0.227 e. The molecule has 0 spiro atoms. The average molecular weight is 572 g/mol. The van der Waals surface area contributed by atoms with Gasteiger partial charge in [0.2, 0.25) is 5.91 Å². The van der Waals surface area contributed by atoms with E-state index in [9.17, 15) is 14.7 Å². The fraction of sp³-hybridized carbons (Fsp3) is 0.419. The van der Waals surface area contributed by atoms with E-state index in [0.717, 1.165) is 0 Å². The summed E-state index contributed by atoms with van der Waals surface area (Å²) < 4.78 is 28.0. The van der Waals surface area contributed by atoms with Crippen LogP contribution in [0.4, 0.5) is 0 Å². The summed E-state index contributed by atoms with van der Waals surface area (Å²) >= 11 is 0. The van der Waals surface area contributed by atoms with E-state index >= 15 is 0 Å². The molecule has 0 saturated heterocycles. The summed E-state index contributed by atoms with van der Waals surface area (Å²) in [6, 6.07) is 6.37. The Morgan fingerprint density at radius 2 is 1.56 bits per heavy atom. The first-order valence-corrected chi connectivity index (χ1v) is 13.4. The number of aliphatic hydroxyl groups is 2. The molecular formula is C31H41NO9. The molecule has 0 aliphatic rings. The Hall–Kier alpha value is -3.86. The summed E-state index contributed by atoms with van der Waals surface area (Å²) in [4.78, 5) is 29.3. The lowest BCUT2D eigenvalue weighted by Gasteiger charge is -2.25. The van der Waals surface area contributed by atoms with Gasteiger partial charge in [0, 0.05) is 31.8 Å². The number of hydrogen-bond donors (Lipinski definition) is 2. The van der Waals surface area contributed by atoms with Crippen LogP contribution in [0.3, 0.4) is 0 Å². The van der Waals surface area contributed by atoms with Gasteiger partial charge in [0.1, 0.15) is 31.3 Å². The molecule has 224 valence electrons. The highest BCUT2D eigenvalue weighted by molar-refractivity contribution is 6.13. The molecule has 41 heavy (non-hydrogen) atoms. The molecule has 0 unspecified atom stereocenters. The molecule has 0 heterocycles. The first-order valence-electron chi connectivity index (χ1n) is 13.4. The van der Waals surface area contributed by atoms with Crippen LogP contribution < -0.4 is 18.9 Å². The van der Waals surface area contributed by atoms with E-state index in [1.165, 1.54) is 19.1 Å². The number of rotatable bonds is 20. The second-order valence-corrected chi connectivity index (χ2v) is 8.80. The zero-order valence-electron chi connectivity index (χ0n) is 24.1. The lowest BCUT2D eigenvalue weighted by atomic mass is 9.89. The van der Waals surface area contributed by atoms with Crippen molar-refractivity contribution in [1.29, 1.82) is 0 Å². The third-order valence-corrected chi connectivity index (χ3v) is 6.16. The van der Waals surface area contributed by atoms with Gasteiger partial charge in [-0.15, -0.1) is 0 Å². The highest BCUT2D eigenvalue weighted by Gasteiger charge is 2.28. The van der Waals surface area contributed by atoms with Crippen molar-refractivity contribution in [2.45, 2.75) is 19.8 Å². The largest absolute Gasteiger partial charge is 0.493 e. The van der Waals surface area contributed by atoms with E-state index in [2.05, 4.69) is 13.2 Å². The number of nitrogens with zero attached hydrogens (tertiary/aromatic N) is 1. The van der Waals surface area contributed by atoms with Crippen LogP contribution in [0, 0.1) is 0 Å². The molecule has 0 atom stereocenters. The predicted octanol–water partition coefficient (Wildman–Crippen LogP) is 3.00. The fourth-order valence-electron chi connectivity index (χ4n) is 4.27. The number of ether oxygens (including phenoxy) is 5. The van der Waals surface area contributed by atoms with Crippen molar-refractivity contribution in [1.82, 2.24) is 4.90 Å². The van der Waals surface area contributed by atoms with Crippen LogP contribution in [0.2, 0.25) is 0 Å². The molecule has 10 nitrogen and oxygen atoms in total. The maximum absolute atomic E-state index is 14.2. The van der Waals surface area contributed by atoms with Crippen LogP contribution in [-0.2, 0) is 22.4 Å². The number of ketones is 1. The van der Waals surface area contributed by atoms with E-state index in [0.29, 0.717) is 41.4 Å². The van der Waals surface area contributed by atoms with Crippen molar-refractivity contribution in [3.8, 4) is 23.0 Å². The number of carbonyl (C=O) groups is 2. The van der Waals surface area contributed by atoms with Gasteiger partial charge in [-0.1, -0.05) is 32.2 Å². The Labute approximate surface area is 241 Å². The van der Waals surface area contributed by atoms with Crippen LogP contribution in [0.15, 0.2) is 49.6 Å². The topological polar surface area (TPSA) is 124 Å². The molecular weight excluding hydrogens is 530 g/mol. The number of methoxy groups -OCH3 is 2. The van der Waals surface area contributed by atoms with E-state index in [4.69, 9.17) is 28.8 Å². The maximum atomic E-state index is 14.2. The first kappa shape index (κ1) is 33.3. The summed E-state index contributed by atoms with van der Waals surface area (Å²) in [5.74, 6) is 0.707. The van der Waals surface area contributed by atoms with Crippen LogP contribution in [-0.4, -0.2) is 93.8 Å². The van der Waals surface area contributed by atoms with Crippen molar-refractivity contribution in [2.24, 2.45) is 0 Å². The summed E-state index contributed by atoms with van der Waals surface area (Å²) in [6.07, 6.45) is 3.49. The molecule has 10 heteroatoms. The fourth-order valence-corrected chi connectivity index (χ4v) is 4.27.